The second kappa shape index (κ2) is 6.44. The number of benzene rings is 2. The number of nitrogens with one attached hydrogen (secondary N) is 1. The van der Waals surface area contributed by atoms with E-state index in [0.717, 1.165) is 21.6 Å². The minimum Gasteiger partial charge on any atom is -0.378 e. The molecule has 3 heteroatoms. The molecule has 100 valence electrons. The van der Waals surface area contributed by atoms with Gasteiger partial charge in [0.15, 0.2) is 0 Å². The fourth-order valence-electron chi connectivity index (χ4n) is 2.08. The zero-order valence-corrected chi connectivity index (χ0v) is 13.4. The molecule has 0 aliphatic heterocycles. The molecule has 0 heterocycles. The minimum absolute atomic E-state index is 0.287. The minimum atomic E-state index is 0.287. The molecule has 0 aromatic heterocycles. The number of rotatable bonds is 4. The molecular formula is C16H17BrClN. The number of halogens is 2. The molecule has 2 rings (SSSR count). The summed E-state index contributed by atoms with van der Waals surface area (Å²) in [5, 5.41) is 4.34. The lowest BCUT2D eigenvalue weighted by molar-refractivity contribution is 0.748. The van der Waals surface area contributed by atoms with Crippen LogP contribution in [0, 0.1) is 6.92 Å². The summed E-state index contributed by atoms with van der Waals surface area (Å²) in [5.74, 6) is 0. The highest BCUT2D eigenvalue weighted by Crippen LogP contribution is 2.28. The van der Waals surface area contributed by atoms with Crippen molar-refractivity contribution in [1.29, 1.82) is 0 Å². The standard InChI is InChI=1S/C16H17BrClN/c1-3-15(12-5-4-6-13(17)9-12)19-16-10-14(18)8-7-11(16)2/h4-10,15,19H,3H2,1-2H3. The first-order valence-corrected chi connectivity index (χ1v) is 7.55. The number of hydrogen-bond donors (Lipinski definition) is 1. The van der Waals surface area contributed by atoms with E-state index in [2.05, 4.69) is 53.3 Å². The average Bonchev–Trinajstić information content (AvgIpc) is 2.39. The van der Waals surface area contributed by atoms with E-state index < -0.39 is 0 Å². The fourth-order valence-corrected chi connectivity index (χ4v) is 2.67. The molecule has 0 spiro atoms. The zero-order chi connectivity index (χ0) is 13.8. The van der Waals surface area contributed by atoms with Crippen molar-refractivity contribution in [1.82, 2.24) is 0 Å². The lowest BCUT2D eigenvalue weighted by Gasteiger charge is -2.20. The van der Waals surface area contributed by atoms with Crippen molar-refractivity contribution in [3.63, 3.8) is 0 Å². The van der Waals surface area contributed by atoms with E-state index >= 15 is 0 Å². The normalized spacial score (nSPS) is 12.2. The molecule has 0 fully saturated rings. The van der Waals surface area contributed by atoms with Crippen LogP contribution < -0.4 is 5.32 Å². The van der Waals surface area contributed by atoms with Crippen LogP contribution in [0.5, 0.6) is 0 Å². The molecule has 0 saturated carbocycles. The maximum Gasteiger partial charge on any atom is 0.0511 e. The summed E-state index contributed by atoms with van der Waals surface area (Å²) in [6.45, 7) is 4.27. The van der Waals surface area contributed by atoms with E-state index in [0.29, 0.717) is 0 Å². The lowest BCUT2D eigenvalue weighted by Crippen LogP contribution is -2.10. The Kier molecular flexibility index (Phi) is 4.89. The van der Waals surface area contributed by atoms with Crippen molar-refractivity contribution in [3.05, 3.63) is 63.1 Å². The summed E-state index contributed by atoms with van der Waals surface area (Å²) in [6.07, 6.45) is 1.02. The van der Waals surface area contributed by atoms with Crippen LogP contribution in [0.1, 0.15) is 30.5 Å². The Hall–Kier alpha value is -0.990. The molecule has 1 N–H and O–H groups in total. The fraction of sp³-hybridized carbons (Fsp3) is 0.250. The second-order valence-corrected chi connectivity index (χ2v) is 5.97. The molecule has 19 heavy (non-hydrogen) atoms. The molecule has 2 aromatic rings. The largest absolute Gasteiger partial charge is 0.378 e. The van der Waals surface area contributed by atoms with Crippen LogP contribution >= 0.6 is 27.5 Å². The first kappa shape index (κ1) is 14.4. The van der Waals surface area contributed by atoms with Crippen molar-refractivity contribution in [3.8, 4) is 0 Å². The quantitative estimate of drug-likeness (QED) is 0.723. The third kappa shape index (κ3) is 3.74. The van der Waals surface area contributed by atoms with Crippen LogP contribution in [-0.4, -0.2) is 0 Å². The molecule has 1 atom stereocenters. The SMILES string of the molecule is CCC(Nc1cc(Cl)ccc1C)c1cccc(Br)c1. The van der Waals surface area contributed by atoms with Crippen LogP contribution in [0.15, 0.2) is 46.9 Å². The highest BCUT2D eigenvalue weighted by atomic mass is 79.9. The van der Waals surface area contributed by atoms with E-state index in [-0.39, 0.29) is 6.04 Å². The third-order valence-corrected chi connectivity index (χ3v) is 3.92. The van der Waals surface area contributed by atoms with Gasteiger partial charge in [-0.15, -0.1) is 0 Å². The van der Waals surface area contributed by atoms with Crippen LogP contribution in [0.4, 0.5) is 5.69 Å². The predicted octanol–water partition coefficient (Wildman–Crippen LogP) is 5.97. The Bertz CT molecular complexity index is 568. The van der Waals surface area contributed by atoms with Gasteiger partial charge in [-0.1, -0.05) is 52.7 Å². The van der Waals surface area contributed by atoms with E-state index in [1.54, 1.807) is 0 Å². The number of anilines is 1. The van der Waals surface area contributed by atoms with E-state index in [4.69, 9.17) is 11.6 Å². The van der Waals surface area contributed by atoms with Gasteiger partial charge in [0.1, 0.15) is 0 Å². The van der Waals surface area contributed by atoms with Crippen LogP contribution in [-0.2, 0) is 0 Å². The second-order valence-electron chi connectivity index (χ2n) is 4.62. The number of aryl methyl sites for hydroxylation is 1. The van der Waals surface area contributed by atoms with E-state index in [1.165, 1.54) is 11.1 Å². The molecule has 2 aromatic carbocycles. The summed E-state index contributed by atoms with van der Waals surface area (Å²) in [5.41, 5.74) is 3.58. The molecule has 0 aliphatic carbocycles. The maximum atomic E-state index is 6.07. The average molecular weight is 339 g/mol. The first-order chi connectivity index (χ1) is 9.10. The van der Waals surface area contributed by atoms with Gasteiger partial charge in [0.25, 0.3) is 0 Å². The van der Waals surface area contributed by atoms with Gasteiger partial charge in [-0.05, 0) is 48.7 Å². The van der Waals surface area contributed by atoms with Gasteiger partial charge >= 0.3 is 0 Å². The topological polar surface area (TPSA) is 12.0 Å². The van der Waals surface area contributed by atoms with Gasteiger partial charge in [0.05, 0.1) is 6.04 Å². The van der Waals surface area contributed by atoms with Gasteiger partial charge < -0.3 is 5.32 Å². The smallest absolute Gasteiger partial charge is 0.0511 e. The van der Waals surface area contributed by atoms with Crippen LogP contribution in [0.2, 0.25) is 5.02 Å². The monoisotopic (exact) mass is 337 g/mol. The molecule has 0 aliphatic rings. The van der Waals surface area contributed by atoms with Crippen molar-refractivity contribution >= 4 is 33.2 Å². The molecule has 0 bridgehead atoms. The summed E-state index contributed by atoms with van der Waals surface area (Å²) in [7, 11) is 0. The van der Waals surface area contributed by atoms with E-state index in [1.807, 2.05) is 24.3 Å². The van der Waals surface area contributed by atoms with Crippen molar-refractivity contribution in [2.75, 3.05) is 5.32 Å². The zero-order valence-electron chi connectivity index (χ0n) is 11.1. The lowest BCUT2D eigenvalue weighted by atomic mass is 10.0. The summed E-state index contributed by atoms with van der Waals surface area (Å²) in [6, 6.07) is 14.6. The first-order valence-electron chi connectivity index (χ1n) is 6.38. The predicted molar refractivity (Wildman–Crippen MR) is 87.0 cm³/mol. The molecule has 0 radical (unpaired) electrons. The Morgan fingerprint density at radius 1 is 1.21 bits per heavy atom. The Morgan fingerprint density at radius 3 is 2.68 bits per heavy atom. The van der Waals surface area contributed by atoms with Crippen molar-refractivity contribution in [2.45, 2.75) is 26.3 Å². The van der Waals surface area contributed by atoms with Gasteiger partial charge in [-0.2, -0.15) is 0 Å². The van der Waals surface area contributed by atoms with Crippen LogP contribution in [0.3, 0.4) is 0 Å². The molecule has 1 unspecified atom stereocenters. The van der Waals surface area contributed by atoms with E-state index in [9.17, 15) is 0 Å². The Morgan fingerprint density at radius 2 is 2.00 bits per heavy atom. The van der Waals surface area contributed by atoms with Crippen molar-refractivity contribution < 1.29 is 0 Å². The van der Waals surface area contributed by atoms with Crippen LogP contribution in [0.25, 0.3) is 0 Å². The summed E-state index contributed by atoms with van der Waals surface area (Å²) < 4.78 is 1.10. The molecule has 0 saturated heterocycles. The van der Waals surface area contributed by atoms with Gasteiger partial charge in [-0.25, -0.2) is 0 Å². The van der Waals surface area contributed by atoms with Gasteiger partial charge in [0, 0.05) is 15.2 Å². The third-order valence-electron chi connectivity index (χ3n) is 3.19. The Balaban J connectivity index is 2.26. The Labute approximate surface area is 128 Å². The number of hydrogen-bond acceptors (Lipinski definition) is 1. The van der Waals surface area contributed by atoms with Crippen molar-refractivity contribution in [2.24, 2.45) is 0 Å². The van der Waals surface area contributed by atoms with Gasteiger partial charge in [0.2, 0.25) is 0 Å². The molecule has 0 amide bonds. The molecular weight excluding hydrogens is 322 g/mol. The summed E-state index contributed by atoms with van der Waals surface area (Å²) >= 11 is 9.59. The summed E-state index contributed by atoms with van der Waals surface area (Å²) in [4.78, 5) is 0. The maximum absolute atomic E-state index is 6.07. The highest BCUT2D eigenvalue weighted by Gasteiger charge is 2.11. The molecule has 1 nitrogen and oxygen atoms in total. The highest BCUT2D eigenvalue weighted by molar-refractivity contribution is 9.10. The van der Waals surface area contributed by atoms with Gasteiger partial charge in [-0.3, -0.25) is 0 Å².